The minimum atomic E-state index is -0.123. The quantitative estimate of drug-likeness (QED) is 0.926. The fourth-order valence-electron chi connectivity index (χ4n) is 2.36. The molecule has 1 saturated carbocycles. The lowest BCUT2D eigenvalue weighted by Gasteiger charge is -2.09. The highest BCUT2D eigenvalue weighted by molar-refractivity contribution is 9.10. The first-order valence-corrected chi connectivity index (χ1v) is 6.72. The molecule has 0 saturated heterocycles. The summed E-state index contributed by atoms with van der Waals surface area (Å²) in [5.74, 6) is 0.458. The van der Waals surface area contributed by atoms with Crippen LogP contribution in [0.2, 0.25) is 0 Å². The Balaban J connectivity index is 2.20. The summed E-state index contributed by atoms with van der Waals surface area (Å²) in [5, 5.41) is 0. The van der Waals surface area contributed by atoms with Gasteiger partial charge in [0.15, 0.2) is 0 Å². The number of aromatic nitrogens is 2. The van der Waals surface area contributed by atoms with E-state index in [2.05, 4.69) is 15.9 Å². The van der Waals surface area contributed by atoms with Gasteiger partial charge >= 0.3 is 0 Å². The van der Waals surface area contributed by atoms with Gasteiger partial charge < -0.3 is 5.73 Å². The van der Waals surface area contributed by atoms with Crippen molar-refractivity contribution in [1.29, 1.82) is 0 Å². The Morgan fingerprint density at radius 2 is 1.89 bits per heavy atom. The number of hydrogen-bond donors (Lipinski definition) is 1. The molecule has 0 bridgehead atoms. The van der Waals surface area contributed by atoms with Crippen molar-refractivity contribution in [2.45, 2.75) is 18.8 Å². The Morgan fingerprint density at radius 3 is 2.44 bits per heavy atom. The minimum Gasteiger partial charge on any atom is -0.393 e. The fraction of sp³-hybridized carbons (Fsp3) is 0.308. The molecule has 2 aromatic rings. The Kier molecular flexibility index (Phi) is 2.59. The predicted molar refractivity (Wildman–Crippen MR) is 75.1 cm³/mol. The second-order valence-corrected chi connectivity index (χ2v) is 5.61. The van der Waals surface area contributed by atoms with Crippen LogP contribution >= 0.6 is 15.9 Å². The van der Waals surface area contributed by atoms with Crippen LogP contribution in [0.5, 0.6) is 0 Å². The van der Waals surface area contributed by atoms with Crippen LogP contribution in [0.4, 0.5) is 5.69 Å². The lowest BCUT2D eigenvalue weighted by Crippen LogP contribution is -2.20. The highest BCUT2D eigenvalue weighted by Crippen LogP contribution is 2.41. The van der Waals surface area contributed by atoms with Gasteiger partial charge in [-0.05, 0) is 37.1 Å². The minimum absolute atomic E-state index is 0.123. The molecule has 94 valence electrons. The van der Waals surface area contributed by atoms with E-state index in [0.29, 0.717) is 11.6 Å². The van der Waals surface area contributed by atoms with Gasteiger partial charge in [-0.3, -0.25) is 9.48 Å². The molecule has 18 heavy (non-hydrogen) atoms. The molecule has 2 N–H and O–H groups in total. The predicted octanol–water partition coefficient (Wildman–Crippen LogP) is 2.40. The van der Waals surface area contributed by atoms with Gasteiger partial charge in [-0.1, -0.05) is 15.9 Å². The van der Waals surface area contributed by atoms with Crippen LogP contribution in [0.25, 0.3) is 5.69 Å². The number of nitrogen functional groups attached to an aromatic ring is 1. The monoisotopic (exact) mass is 307 g/mol. The summed E-state index contributed by atoms with van der Waals surface area (Å²) >= 11 is 3.39. The largest absolute Gasteiger partial charge is 0.393 e. The second-order valence-electron chi connectivity index (χ2n) is 4.69. The van der Waals surface area contributed by atoms with E-state index >= 15 is 0 Å². The van der Waals surface area contributed by atoms with Gasteiger partial charge in [-0.15, -0.1) is 0 Å². The molecule has 3 rings (SSSR count). The van der Waals surface area contributed by atoms with E-state index in [0.717, 1.165) is 28.7 Å². The Labute approximate surface area is 113 Å². The van der Waals surface area contributed by atoms with Crippen molar-refractivity contribution >= 4 is 21.6 Å². The van der Waals surface area contributed by atoms with E-state index in [9.17, 15) is 4.79 Å². The van der Waals surface area contributed by atoms with Crippen molar-refractivity contribution in [2.75, 3.05) is 5.73 Å². The van der Waals surface area contributed by atoms with Gasteiger partial charge in [0, 0.05) is 17.4 Å². The summed E-state index contributed by atoms with van der Waals surface area (Å²) in [6.07, 6.45) is 2.25. The summed E-state index contributed by atoms with van der Waals surface area (Å²) < 4.78 is 4.51. The molecule has 0 atom stereocenters. The van der Waals surface area contributed by atoms with Crippen LogP contribution in [0.15, 0.2) is 33.5 Å². The summed E-state index contributed by atoms with van der Waals surface area (Å²) in [6.45, 7) is 0. The zero-order valence-corrected chi connectivity index (χ0v) is 11.6. The number of nitrogens with two attached hydrogens (primary N) is 1. The van der Waals surface area contributed by atoms with E-state index in [-0.39, 0.29) is 5.56 Å². The number of benzene rings is 1. The molecular weight excluding hydrogens is 294 g/mol. The van der Waals surface area contributed by atoms with Gasteiger partial charge in [0.1, 0.15) is 5.69 Å². The van der Waals surface area contributed by atoms with Crippen LogP contribution < -0.4 is 11.3 Å². The molecule has 1 aromatic carbocycles. The SMILES string of the molecule is Cn1c(C2CC2)c(N)c(=O)n1-c1ccc(Br)cc1. The summed E-state index contributed by atoms with van der Waals surface area (Å²) in [5.41, 5.74) is 8.03. The molecule has 1 aliphatic rings. The average molecular weight is 308 g/mol. The number of anilines is 1. The number of hydrogen-bond acceptors (Lipinski definition) is 2. The zero-order chi connectivity index (χ0) is 12.9. The highest BCUT2D eigenvalue weighted by Gasteiger charge is 2.31. The molecular formula is C13H14BrN3O. The van der Waals surface area contributed by atoms with Crippen molar-refractivity contribution in [1.82, 2.24) is 9.36 Å². The Hall–Kier alpha value is -1.49. The van der Waals surface area contributed by atoms with Crippen LogP contribution in [0, 0.1) is 0 Å². The molecule has 1 aliphatic carbocycles. The lowest BCUT2D eigenvalue weighted by atomic mass is 10.2. The third-order valence-corrected chi connectivity index (χ3v) is 3.91. The molecule has 0 aliphatic heterocycles. The lowest BCUT2D eigenvalue weighted by molar-refractivity contribution is 0.616. The number of rotatable bonds is 2. The summed E-state index contributed by atoms with van der Waals surface area (Å²) in [4.78, 5) is 12.2. The fourth-order valence-corrected chi connectivity index (χ4v) is 2.62. The first-order chi connectivity index (χ1) is 8.59. The maximum Gasteiger partial charge on any atom is 0.294 e. The van der Waals surface area contributed by atoms with Gasteiger partial charge in [-0.2, -0.15) is 0 Å². The Bertz CT molecular complexity index is 650. The van der Waals surface area contributed by atoms with Crippen molar-refractivity contribution in [3.8, 4) is 5.69 Å². The third-order valence-electron chi connectivity index (χ3n) is 3.38. The van der Waals surface area contributed by atoms with Gasteiger partial charge in [-0.25, -0.2) is 4.68 Å². The molecule has 4 nitrogen and oxygen atoms in total. The van der Waals surface area contributed by atoms with Crippen LogP contribution in [0.1, 0.15) is 24.5 Å². The summed E-state index contributed by atoms with van der Waals surface area (Å²) in [7, 11) is 1.90. The van der Waals surface area contributed by atoms with Crippen molar-refractivity contribution < 1.29 is 0 Å². The van der Waals surface area contributed by atoms with Crippen LogP contribution in [-0.4, -0.2) is 9.36 Å². The van der Waals surface area contributed by atoms with Crippen molar-refractivity contribution in [2.24, 2.45) is 7.05 Å². The molecule has 1 fully saturated rings. The standard InChI is InChI=1S/C13H14BrN3O/c1-16-12(8-2-3-8)11(15)13(18)17(16)10-6-4-9(14)5-7-10/h4-8H,2-3,15H2,1H3. The van der Waals surface area contributed by atoms with Gasteiger partial charge in [0.25, 0.3) is 5.56 Å². The molecule has 0 spiro atoms. The van der Waals surface area contributed by atoms with Gasteiger partial charge in [0.05, 0.1) is 11.4 Å². The first kappa shape index (κ1) is 11.6. The second kappa shape index (κ2) is 4.02. The van der Waals surface area contributed by atoms with Crippen molar-refractivity contribution in [3.63, 3.8) is 0 Å². The van der Waals surface area contributed by atoms with E-state index in [1.807, 2.05) is 36.0 Å². The molecule has 0 unspecified atom stereocenters. The van der Waals surface area contributed by atoms with E-state index in [1.165, 1.54) is 0 Å². The highest BCUT2D eigenvalue weighted by atomic mass is 79.9. The van der Waals surface area contributed by atoms with Crippen molar-refractivity contribution in [3.05, 3.63) is 44.8 Å². The molecule has 1 aromatic heterocycles. The maximum absolute atomic E-state index is 12.2. The average Bonchev–Trinajstić information content (AvgIpc) is 3.13. The van der Waals surface area contributed by atoms with Crippen LogP contribution in [-0.2, 0) is 7.05 Å². The topological polar surface area (TPSA) is 52.9 Å². The number of halogens is 1. The molecule has 0 amide bonds. The smallest absolute Gasteiger partial charge is 0.294 e. The zero-order valence-electron chi connectivity index (χ0n) is 10.1. The van der Waals surface area contributed by atoms with E-state index in [1.54, 1.807) is 4.68 Å². The summed E-state index contributed by atoms with van der Waals surface area (Å²) in [6, 6.07) is 7.65. The van der Waals surface area contributed by atoms with E-state index in [4.69, 9.17) is 5.73 Å². The normalized spacial score (nSPS) is 15.0. The third kappa shape index (κ3) is 1.70. The first-order valence-electron chi connectivity index (χ1n) is 5.93. The Morgan fingerprint density at radius 1 is 1.28 bits per heavy atom. The molecule has 5 heteroatoms. The van der Waals surface area contributed by atoms with Gasteiger partial charge in [0.2, 0.25) is 0 Å². The van der Waals surface area contributed by atoms with E-state index < -0.39 is 0 Å². The number of nitrogens with zero attached hydrogens (tertiary/aromatic N) is 2. The van der Waals surface area contributed by atoms with Crippen LogP contribution in [0.3, 0.4) is 0 Å². The molecule has 1 heterocycles. The maximum atomic E-state index is 12.2. The molecule has 0 radical (unpaired) electrons.